The van der Waals surface area contributed by atoms with Gasteiger partial charge in [0.15, 0.2) is 11.5 Å². The molecule has 2 fully saturated rings. The van der Waals surface area contributed by atoms with E-state index in [1.165, 1.54) is 5.56 Å². The summed E-state index contributed by atoms with van der Waals surface area (Å²) in [5, 5.41) is 0.0973. The van der Waals surface area contributed by atoms with Gasteiger partial charge in [-0.1, -0.05) is 63.2 Å². The molecule has 50 heavy (non-hydrogen) atoms. The van der Waals surface area contributed by atoms with E-state index >= 15 is 0 Å². The SMILES string of the molecule is COc1cc(C(=O)N2CCC(C(CN3CCC(C(N)=O)(c4ccccc4)CC3)c3ccc(O[Si](C)(C)C(C)(C)C)cc3)C2)cc(OC)c1OC. The smallest absolute Gasteiger partial charge is 0.254 e. The normalized spacial score (nSPS) is 18.7. The molecule has 2 amide bonds. The molecule has 5 rings (SSSR count). The average molecular weight is 702 g/mol. The number of amides is 2. The largest absolute Gasteiger partial charge is 0.544 e. The Morgan fingerprint density at radius 3 is 2.02 bits per heavy atom. The topological polar surface area (TPSA) is 104 Å². The molecule has 2 N–H and O–H groups in total. The molecule has 2 heterocycles. The predicted octanol–water partition coefficient (Wildman–Crippen LogP) is 6.86. The van der Waals surface area contributed by atoms with Crippen molar-refractivity contribution in [3.63, 3.8) is 0 Å². The van der Waals surface area contributed by atoms with Gasteiger partial charge in [-0.3, -0.25) is 9.59 Å². The highest BCUT2D eigenvalue weighted by Gasteiger charge is 2.43. The fraction of sp³-hybridized carbons (Fsp3) is 0.500. The quantitative estimate of drug-likeness (QED) is 0.206. The van der Waals surface area contributed by atoms with E-state index in [2.05, 4.69) is 63.0 Å². The number of carbonyl (C=O) groups excluding carboxylic acids is 2. The molecule has 2 unspecified atom stereocenters. The number of carbonyl (C=O) groups is 2. The van der Waals surface area contributed by atoms with Crippen LogP contribution in [0.25, 0.3) is 0 Å². The minimum absolute atomic E-state index is 0.0595. The van der Waals surface area contributed by atoms with Crippen molar-refractivity contribution in [2.75, 3.05) is 54.1 Å². The van der Waals surface area contributed by atoms with Crippen LogP contribution in [-0.4, -0.2) is 84.0 Å². The summed E-state index contributed by atoms with van der Waals surface area (Å²) < 4.78 is 23.2. The summed E-state index contributed by atoms with van der Waals surface area (Å²) in [5.41, 5.74) is 8.15. The number of nitrogens with zero attached hydrogens (tertiary/aromatic N) is 2. The third kappa shape index (κ3) is 7.66. The van der Waals surface area contributed by atoms with Gasteiger partial charge >= 0.3 is 0 Å². The van der Waals surface area contributed by atoms with Gasteiger partial charge in [0.05, 0.1) is 26.7 Å². The van der Waals surface area contributed by atoms with Crippen molar-refractivity contribution < 1.29 is 28.2 Å². The predicted molar refractivity (Wildman–Crippen MR) is 200 cm³/mol. The van der Waals surface area contributed by atoms with Gasteiger partial charge in [-0.15, -0.1) is 0 Å². The van der Waals surface area contributed by atoms with Gasteiger partial charge in [0, 0.05) is 31.1 Å². The Balaban J connectivity index is 1.38. The van der Waals surface area contributed by atoms with Crippen molar-refractivity contribution in [2.24, 2.45) is 11.7 Å². The van der Waals surface area contributed by atoms with E-state index in [0.717, 1.165) is 37.4 Å². The minimum atomic E-state index is -1.99. The van der Waals surface area contributed by atoms with Gasteiger partial charge in [-0.05, 0) is 91.8 Å². The van der Waals surface area contributed by atoms with Crippen molar-refractivity contribution >= 4 is 20.1 Å². The number of nitrogens with two attached hydrogens (primary N) is 1. The first-order valence-corrected chi connectivity index (χ1v) is 20.6. The average Bonchev–Trinajstić information content (AvgIpc) is 3.60. The summed E-state index contributed by atoms with van der Waals surface area (Å²) in [6, 6.07) is 22.1. The first kappa shape index (κ1) is 37.2. The number of benzene rings is 3. The summed E-state index contributed by atoms with van der Waals surface area (Å²) in [7, 11) is 2.67. The first-order chi connectivity index (χ1) is 23.7. The second-order valence-corrected chi connectivity index (χ2v) is 20.1. The zero-order chi connectivity index (χ0) is 36.3. The third-order valence-electron chi connectivity index (χ3n) is 11.4. The van der Waals surface area contributed by atoms with Crippen molar-refractivity contribution in [1.82, 2.24) is 9.80 Å². The molecule has 0 aliphatic carbocycles. The van der Waals surface area contributed by atoms with Crippen LogP contribution in [0, 0.1) is 5.92 Å². The molecule has 0 saturated carbocycles. The van der Waals surface area contributed by atoms with Gasteiger partial charge in [-0.2, -0.15) is 0 Å². The van der Waals surface area contributed by atoms with Crippen LogP contribution in [0.4, 0.5) is 0 Å². The monoisotopic (exact) mass is 701 g/mol. The number of methoxy groups -OCH3 is 3. The summed E-state index contributed by atoms with van der Waals surface area (Å²) in [6.07, 6.45) is 2.23. The number of primary amides is 1. The maximum absolute atomic E-state index is 13.9. The molecule has 2 aliphatic rings. The Bertz CT molecular complexity index is 1610. The van der Waals surface area contributed by atoms with Crippen LogP contribution in [-0.2, 0) is 10.2 Å². The molecule has 0 spiro atoms. The molecule has 0 bridgehead atoms. The number of likely N-dealkylation sites (tertiary alicyclic amines) is 2. The second kappa shape index (κ2) is 15.1. The van der Waals surface area contributed by atoms with E-state index in [1.54, 1.807) is 33.5 Å². The van der Waals surface area contributed by atoms with E-state index in [9.17, 15) is 9.59 Å². The standard InChI is InChI=1S/C40H55N3O6Si/c1-39(2,3)50(7,8)49-32-16-14-28(15-17-32)33(27-42-22-19-40(20-23-42,38(41)45)31-12-10-9-11-13-31)29-18-21-43(26-29)37(44)30-24-34(46-4)36(48-6)35(25-30)47-5/h9-17,24-25,29,33H,18-23,26-27H2,1-8H3,(H2,41,45). The van der Waals surface area contributed by atoms with E-state index in [4.69, 9.17) is 24.4 Å². The lowest BCUT2D eigenvalue weighted by Crippen LogP contribution is -2.51. The summed E-state index contributed by atoms with van der Waals surface area (Å²) >= 11 is 0. The summed E-state index contributed by atoms with van der Waals surface area (Å²) in [5.74, 6) is 2.37. The van der Waals surface area contributed by atoms with Crippen LogP contribution in [0.5, 0.6) is 23.0 Å². The molecule has 3 aromatic carbocycles. The Morgan fingerprint density at radius 1 is 0.900 bits per heavy atom. The van der Waals surface area contributed by atoms with E-state index in [0.29, 0.717) is 48.7 Å². The maximum atomic E-state index is 13.9. The Hall–Kier alpha value is -4.02. The van der Waals surface area contributed by atoms with Gasteiger partial charge in [0.25, 0.3) is 5.91 Å². The van der Waals surface area contributed by atoms with Gasteiger partial charge in [0.1, 0.15) is 5.75 Å². The lowest BCUT2D eigenvalue weighted by Gasteiger charge is -2.42. The fourth-order valence-corrected chi connectivity index (χ4v) is 8.31. The highest BCUT2D eigenvalue weighted by atomic mass is 28.4. The lowest BCUT2D eigenvalue weighted by atomic mass is 9.72. The number of rotatable bonds is 12. The summed E-state index contributed by atoms with van der Waals surface area (Å²) in [4.78, 5) is 31.2. The number of hydrogen-bond donors (Lipinski definition) is 1. The number of ether oxygens (including phenoxy) is 3. The fourth-order valence-electron chi connectivity index (χ4n) is 7.27. The Labute approximate surface area is 299 Å². The highest BCUT2D eigenvalue weighted by molar-refractivity contribution is 6.74. The molecular weight excluding hydrogens is 647 g/mol. The van der Waals surface area contributed by atoms with E-state index < -0.39 is 13.7 Å². The second-order valence-electron chi connectivity index (χ2n) is 15.4. The zero-order valence-electron chi connectivity index (χ0n) is 31.1. The summed E-state index contributed by atoms with van der Waals surface area (Å²) in [6.45, 7) is 14.9. The number of piperidine rings is 1. The van der Waals surface area contributed by atoms with Crippen LogP contribution in [0.2, 0.25) is 18.1 Å². The van der Waals surface area contributed by atoms with Gasteiger partial charge in [0.2, 0.25) is 20.0 Å². The van der Waals surface area contributed by atoms with Crippen LogP contribution in [0.15, 0.2) is 66.7 Å². The van der Waals surface area contributed by atoms with Crippen molar-refractivity contribution in [3.8, 4) is 23.0 Å². The third-order valence-corrected chi connectivity index (χ3v) is 15.8. The first-order valence-electron chi connectivity index (χ1n) is 17.7. The molecule has 9 nitrogen and oxygen atoms in total. The van der Waals surface area contributed by atoms with Gasteiger partial charge < -0.3 is 34.2 Å². The molecule has 2 saturated heterocycles. The zero-order valence-corrected chi connectivity index (χ0v) is 32.1. The van der Waals surface area contributed by atoms with Crippen molar-refractivity contribution in [2.45, 2.75) is 69.5 Å². The molecule has 0 aromatic heterocycles. The molecule has 0 radical (unpaired) electrons. The van der Waals surface area contributed by atoms with E-state index in [-0.39, 0.29) is 28.7 Å². The molecule has 2 aliphatic heterocycles. The van der Waals surface area contributed by atoms with Crippen LogP contribution in [0.3, 0.4) is 0 Å². The molecule has 2 atom stereocenters. The van der Waals surface area contributed by atoms with Crippen LogP contribution in [0.1, 0.15) is 67.4 Å². The van der Waals surface area contributed by atoms with E-state index in [1.807, 2.05) is 35.2 Å². The minimum Gasteiger partial charge on any atom is -0.544 e. The van der Waals surface area contributed by atoms with Crippen LogP contribution >= 0.6 is 0 Å². The molecule has 10 heteroatoms. The highest BCUT2D eigenvalue weighted by Crippen LogP contribution is 2.42. The number of hydrogen-bond acceptors (Lipinski definition) is 7. The maximum Gasteiger partial charge on any atom is 0.254 e. The lowest BCUT2D eigenvalue weighted by molar-refractivity contribution is -0.125. The Kier molecular flexibility index (Phi) is 11.2. The van der Waals surface area contributed by atoms with Gasteiger partial charge in [-0.25, -0.2) is 0 Å². The molecule has 3 aromatic rings. The molecular formula is C40H55N3O6Si. The van der Waals surface area contributed by atoms with Crippen molar-refractivity contribution in [1.29, 1.82) is 0 Å². The Morgan fingerprint density at radius 2 is 1.50 bits per heavy atom. The molecule has 270 valence electrons. The van der Waals surface area contributed by atoms with Crippen LogP contribution < -0.4 is 24.4 Å². The van der Waals surface area contributed by atoms with Crippen molar-refractivity contribution in [3.05, 3.63) is 83.4 Å².